The summed E-state index contributed by atoms with van der Waals surface area (Å²) in [5, 5.41) is 7.65. The van der Waals surface area contributed by atoms with Gasteiger partial charge in [-0.15, -0.1) is 5.10 Å². The van der Waals surface area contributed by atoms with Gasteiger partial charge in [0.25, 0.3) is 0 Å². The second kappa shape index (κ2) is 9.64. The molecule has 2 aromatic rings. The van der Waals surface area contributed by atoms with E-state index in [-0.39, 0.29) is 6.10 Å². The van der Waals surface area contributed by atoms with Crippen LogP contribution in [0.5, 0.6) is 0 Å². The summed E-state index contributed by atoms with van der Waals surface area (Å²) in [6.07, 6.45) is 4.72. The van der Waals surface area contributed by atoms with Crippen LogP contribution < -0.4 is 10.6 Å². The van der Waals surface area contributed by atoms with E-state index in [1.807, 2.05) is 12.1 Å². The molecule has 3 N–H and O–H groups in total. The molecule has 30 heavy (non-hydrogen) atoms. The average molecular weight is 453 g/mol. The minimum absolute atomic E-state index is 0.0168. The summed E-state index contributed by atoms with van der Waals surface area (Å²) in [6, 6.07) is 8.80. The van der Waals surface area contributed by atoms with Crippen LogP contribution in [0.4, 0.5) is 11.9 Å². The van der Waals surface area contributed by atoms with Crippen molar-refractivity contribution >= 4 is 34.3 Å². The first-order chi connectivity index (χ1) is 14.5. The number of nitrogens with two attached hydrogens (primary N) is 1. The number of nitrogens with one attached hydrogen (secondary N) is 1. The molecule has 2 aliphatic rings. The molecule has 2 fully saturated rings. The number of nitrogens with zero attached hydrogens (tertiary/aromatic N) is 4. The first-order valence-electron chi connectivity index (χ1n) is 10.3. The van der Waals surface area contributed by atoms with Crippen LogP contribution in [-0.4, -0.2) is 80.7 Å². The predicted octanol–water partition coefficient (Wildman–Crippen LogP) is 1.70. The summed E-state index contributed by atoms with van der Waals surface area (Å²) < 4.78 is 17.9. The normalized spacial score (nSPS) is 24.8. The lowest BCUT2D eigenvalue weighted by Gasteiger charge is -2.46. The molecule has 0 bridgehead atoms. The van der Waals surface area contributed by atoms with Crippen molar-refractivity contribution in [3.63, 3.8) is 0 Å². The number of H-pyrrole nitrogens is 1. The Morgan fingerprint density at radius 1 is 1.30 bits per heavy atom. The van der Waals surface area contributed by atoms with E-state index in [4.69, 9.17) is 22.1 Å². The van der Waals surface area contributed by atoms with E-state index in [0.717, 1.165) is 43.9 Å². The molecule has 10 heteroatoms. The van der Waals surface area contributed by atoms with E-state index in [9.17, 15) is 4.21 Å². The minimum Gasteiger partial charge on any atom is -0.374 e. The molecule has 0 saturated carbocycles. The number of aromatic amines is 1. The fourth-order valence-corrected chi connectivity index (χ4v) is 5.31. The van der Waals surface area contributed by atoms with Crippen molar-refractivity contribution in [3.8, 4) is 0 Å². The number of nitrogen functional groups attached to an aromatic ring is 1. The quantitative estimate of drug-likeness (QED) is 0.687. The van der Waals surface area contributed by atoms with Crippen LogP contribution in [0.2, 0.25) is 5.02 Å². The molecule has 0 radical (unpaired) electrons. The Morgan fingerprint density at radius 3 is 2.67 bits per heavy atom. The summed E-state index contributed by atoms with van der Waals surface area (Å²) in [5.41, 5.74) is 6.93. The second-order valence-electron chi connectivity index (χ2n) is 8.12. The van der Waals surface area contributed by atoms with E-state index in [1.165, 1.54) is 5.56 Å². The maximum atomic E-state index is 11.8. The molecule has 1 aromatic carbocycles. The molecule has 3 atom stereocenters. The topological polar surface area (TPSA) is 100 Å². The highest BCUT2D eigenvalue weighted by Gasteiger charge is 2.36. The third kappa shape index (κ3) is 5.32. The third-order valence-electron chi connectivity index (χ3n) is 5.92. The van der Waals surface area contributed by atoms with Crippen LogP contribution in [0.15, 0.2) is 24.3 Å². The molecular weight excluding hydrogens is 424 g/mol. The standard InChI is InChI=1S/C20H29ClN6O2S/c1-30(28)13-18-11-27(17(12-29-18)10-14-2-4-15(21)5-3-14)16-6-8-26(9-7-16)20-23-19(22)24-25-20/h2-5,16-18H,6-13H2,1H3,(H3,22,23,24,25)/t17-,18+,30?/m0/s1. The van der Waals surface area contributed by atoms with Gasteiger partial charge < -0.3 is 15.4 Å². The van der Waals surface area contributed by atoms with Gasteiger partial charge in [-0.05, 0) is 37.0 Å². The molecule has 3 heterocycles. The maximum Gasteiger partial charge on any atom is 0.246 e. The van der Waals surface area contributed by atoms with E-state index in [0.29, 0.717) is 36.3 Å². The molecule has 8 nitrogen and oxygen atoms in total. The van der Waals surface area contributed by atoms with E-state index in [2.05, 4.69) is 37.1 Å². The lowest BCUT2D eigenvalue weighted by atomic mass is 9.96. The van der Waals surface area contributed by atoms with Crippen LogP contribution >= 0.6 is 11.6 Å². The smallest absolute Gasteiger partial charge is 0.246 e. The number of piperidine rings is 1. The van der Waals surface area contributed by atoms with Gasteiger partial charge in [0.05, 0.1) is 18.5 Å². The van der Waals surface area contributed by atoms with Crippen LogP contribution in [0.1, 0.15) is 18.4 Å². The van der Waals surface area contributed by atoms with Crippen molar-refractivity contribution in [2.75, 3.05) is 48.9 Å². The summed E-state index contributed by atoms with van der Waals surface area (Å²) in [5.74, 6) is 1.60. The molecular formula is C20H29ClN6O2S. The first kappa shape index (κ1) is 21.5. The van der Waals surface area contributed by atoms with Crippen molar-refractivity contribution in [1.82, 2.24) is 20.1 Å². The molecule has 0 spiro atoms. The maximum absolute atomic E-state index is 11.8. The van der Waals surface area contributed by atoms with Gasteiger partial charge in [-0.25, -0.2) is 5.10 Å². The lowest BCUT2D eigenvalue weighted by Crippen LogP contribution is -2.58. The van der Waals surface area contributed by atoms with Crippen molar-refractivity contribution in [2.45, 2.75) is 37.5 Å². The zero-order valence-corrected chi connectivity index (χ0v) is 18.7. The SMILES string of the molecule is CS(=O)C[C@H]1CN(C2CCN(c3n[nH]c(N)n3)CC2)[C@@H](Cc2ccc(Cl)cc2)CO1. The summed E-state index contributed by atoms with van der Waals surface area (Å²) >= 11 is 6.05. The van der Waals surface area contributed by atoms with Crippen molar-refractivity contribution in [3.05, 3.63) is 34.9 Å². The Bertz CT molecular complexity index is 855. The van der Waals surface area contributed by atoms with Crippen LogP contribution in [0.25, 0.3) is 0 Å². The Kier molecular flexibility index (Phi) is 6.92. The number of aromatic nitrogens is 3. The van der Waals surface area contributed by atoms with E-state index >= 15 is 0 Å². The number of rotatable bonds is 6. The van der Waals surface area contributed by atoms with Gasteiger partial charge in [-0.3, -0.25) is 9.11 Å². The van der Waals surface area contributed by atoms with Gasteiger partial charge in [0.1, 0.15) is 0 Å². The summed E-state index contributed by atoms with van der Waals surface area (Å²) in [4.78, 5) is 9.01. The predicted molar refractivity (Wildman–Crippen MR) is 120 cm³/mol. The van der Waals surface area contributed by atoms with Gasteiger partial charge in [0.2, 0.25) is 11.9 Å². The number of halogens is 1. The zero-order valence-electron chi connectivity index (χ0n) is 17.2. The average Bonchev–Trinajstić information content (AvgIpc) is 3.17. The Balaban J connectivity index is 1.44. The molecule has 0 amide bonds. The Hall–Kier alpha value is -1.68. The summed E-state index contributed by atoms with van der Waals surface area (Å²) in [7, 11) is -0.870. The Labute approximate surface area is 184 Å². The van der Waals surface area contributed by atoms with Gasteiger partial charge in [-0.2, -0.15) is 4.98 Å². The van der Waals surface area contributed by atoms with E-state index < -0.39 is 10.8 Å². The zero-order chi connectivity index (χ0) is 21.1. The lowest BCUT2D eigenvalue weighted by molar-refractivity contribution is -0.0728. The van der Waals surface area contributed by atoms with Crippen LogP contribution in [0.3, 0.4) is 0 Å². The van der Waals surface area contributed by atoms with Gasteiger partial charge in [0.15, 0.2) is 0 Å². The number of hydrogen-bond donors (Lipinski definition) is 2. The molecule has 1 aromatic heterocycles. The second-order valence-corrected chi connectivity index (χ2v) is 10.0. The van der Waals surface area contributed by atoms with Gasteiger partial charge in [-0.1, -0.05) is 23.7 Å². The number of ether oxygens (including phenoxy) is 1. The fraction of sp³-hybridized carbons (Fsp3) is 0.600. The molecule has 2 aliphatic heterocycles. The molecule has 1 unspecified atom stereocenters. The first-order valence-corrected chi connectivity index (χ1v) is 12.4. The van der Waals surface area contributed by atoms with Crippen molar-refractivity contribution < 1.29 is 8.95 Å². The molecule has 0 aliphatic carbocycles. The third-order valence-corrected chi connectivity index (χ3v) is 7.01. The molecule has 4 rings (SSSR count). The number of anilines is 2. The van der Waals surface area contributed by atoms with Crippen LogP contribution in [0, 0.1) is 0 Å². The van der Waals surface area contributed by atoms with Crippen molar-refractivity contribution in [2.24, 2.45) is 0 Å². The molecule has 2 saturated heterocycles. The summed E-state index contributed by atoms with van der Waals surface area (Å²) in [6.45, 7) is 3.24. The molecule has 164 valence electrons. The Morgan fingerprint density at radius 2 is 2.03 bits per heavy atom. The highest BCUT2D eigenvalue weighted by atomic mass is 35.5. The van der Waals surface area contributed by atoms with Gasteiger partial charge >= 0.3 is 0 Å². The largest absolute Gasteiger partial charge is 0.374 e. The van der Waals surface area contributed by atoms with Crippen molar-refractivity contribution in [1.29, 1.82) is 0 Å². The highest BCUT2D eigenvalue weighted by molar-refractivity contribution is 7.84. The number of benzene rings is 1. The minimum atomic E-state index is -0.870. The highest BCUT2D eigenvalue weighted by Crippen LogP contribution is 2.27. The van der Waals surface area contributed by atoms with E-state index in [1.54, 1.807) is 6.26 Å². The fourth-order valence-electron chi connectivity index (χ4n) is 4.46. The number of morpholine rings is 1. The van der Waals surface area contributed by atoms with Gasteiger partial charge in [0, 0.05) is 53.8 Å². The van der Waals surface area contributed by atoms with Crippen LogP contribution in [-0.2, 0) is 22.0 Å². The monoisotopic (exact) mass is 452 g/mol. The number of hydrogen-bond acceptors (Lipinski definition) is 7.